The SMILES string of the molecule is Cl.O=C(Nc1ccc(-n2cccn2)cc1)C1CCNCC1. The van der Waals surface area contributed by atoms with E-state index in [1.807, 2.05) is 36.5 Å². The van der Waals surface area contributed by atoms with Gasteiger partial charge < -0.3 is 10.6 Å². The molecule has 1 amide bonds. The molecule has 0 saturated carbocycles. The average Bonchev–Trinajstić information content (AvgIpc) is 3.03. The van der Waals surface area contributed by atoms with E-state index in [0.29, 0.717) is 0 Å². The molecule has 6 heteroatoms. The van der Waals surface area contributed by atoms with E-state index in [4.69, 9.17) is 0 Å². The smallest absolute Gasteiger partial charge is 0.227 e. The summed E-state index contributed by atoms with van der Waals surface area (Å²) in [5, 5.41) is 10.4. The van der Waals surface area contributed by atoms with Gasteiger partial charge in [-0.1, -0.05) is 0 Å². The molecule has 2 N–H and O–H groups in total. The van der Waals surface area contributed by atoms with Crippen LogP contribution in [0.3, 0.4) is 0 Å². The number of amides is 1. The molecule has 1 fully saturated rings. The van der Waals surface area contributed by atoms with E-state index >= 15 is 0 Å². The number of benzene rings is 1. The Balaban J connectivity index is 0.00000161. The van der Waals surface area contributed by atoms with Gasteiger partial charge in [0.2, 0.25) is 5.91 Å². The van der Waals surface area contributed by atoms with Crippen molar-refractivity contribution in [2.24, 2.45) is 5.92 Å². The van der Waals surface area contributed by atoms with Gasteiger partial charge in [0.05, 0.1) is 5.69 Å². The van der Waals surface area contributed by atoms with E-state index in [0.717, 1.165) is 37.3 Å². The highest BCUT2D eigenvalue weighted by Crippen LogP contribution is 2.17. The van der Waals surface area contributed by atoms with Crippen molar-refractivity contribution in [1.29, 1.82) is 0 Å². The second-order valence-electron chi connectivity index (χ2n) is 5.01. The number of anilines is 1. The van der Waals surface area contributed by atoms with Crippen molar-refractivity contribution in [2.75, 3.05) is 18.4 Å². The van der Waals surface area contributed by atoms with Crippen LogP contribution in [0.25, 0.3) is 5.69 Å². The third-order valence-electron chi connectivity index (χ3n) is 3.61. The molecule has 0 radical (unpaired) electrons. The Hall–Kier alpha value is -1.85. The van der Waals surface area contributed by atoms with Crippen molar-refractivity contribution in [3.63, 3.8) is 0 Å². The maximum absolute atomic E-state index is 12.1. The Kier molecular flexibility index (Phi) is 5.36. The van der Waals surface area contributed by atoms with Crippen LogP contribution in [0, 0.1) is 5.92 Å². The molecule has 1 aromatic carbocycles. The summed E-state index contributed by atoms with van der Waals surface area (Å²) in [5.41, 5.74) is 1.82. The molecular formula is C15H19ClN4O. The van der Waals surface area contributed by atoms with Gasteiger partial charge in [0.15, 0.2) is 0 Å². The number of rotatable bonds is 3. The third-order valence-corrected chi connectivity index (χ3v) is 3.61. The van der Waals surface area contributed by atoms with Crippen LogP contribution in [-0.4, -0.2) is 28.8 Å². The number of nitrogens with zero attached hydrogens (tertiary/aromatic N) is 2. The van der Waals surface area contributed by atoms with Crippen molar-refractivity contribution in [2.45, 2.75) is 12.8 Å². The van der Waals surface area contributed by atoms with Gasteiger partial charge in [-0.3, -0.25) is 4.79 Å². The van der Waals surface area contributed by atoms with Crippen molar-refractivity contribution < 1.29 is 4.79 Å². The Labute approximate surface area is 130 Å². The monoisotopic (exact) mass is 306 g/mol. The Morgan fingerprint density at radius 3 is 2.57 bits per heavy atom. The summed E-state index contributed by atoms with van der Waals surface area (Å²) in [6.07, 6.45) is 5.46. The molecule has 0 bridgehead atoms. The second kappa shape index (κ2) is 7.24. The van der Waals surface area contributed by atoms with Crippen molar-refractivity contribution in [1.82, 2.24) is 15.1 Å². The molecule has 2 aromatic rings. The van der Waals surface area contributed by atoms with Gasteiger partial charge in [-0.25, -0.2) is 4.68 Å². The van der Waals surface area contributed by atoms with Gasteiger partial charge in [0.25, 0.3) is 0 Å². The molecular weight excluding hydrogens is 288 g/mol. The maximum Gasteiger partial charge on any atom is 0.227 e. The topological polar surface area (TPSA) is 59.0 Å². The molecule has 1 aliphatic heterocycles. The van der Waals surface area contributed by atoms with Gasteiger partial charge in [-0.05, 0) is 56.3 Å². The number of carbonyl (C=O) groups excluding carboxylic acids is 1. The second-order valence-corrected chi connectivity index (χ2v) is 5.01. The first-order valence-corrected chi connectivity index (χ1v) is 6.94. The fourth-order valence-electron chi connectivity index (χ4n) is 2.45. The number of halogens is 1. The highest BCUT2D eigenvalue weighted by Gasteiger charge is 2.20. The lowest BCUT2D eigenvalue weighted by Crippen LogP contribution is -2.34. The van der Waals surface area contributed by atoms with Crippen LogP contribution in [0.2, 0.25) is 0 Å². The van der Waals surface area contributed by atoms with Crippen LogP contribution in [0.4, 0.5) is 5.69 Å². The van der Waals surface area contributed by atoms with Crippen LogP contribution in [0.5, 0.6) is 0 Å². The van der Waals surface area contributed by atoms with Gasteiger partial charge in [0.1, 0.15) is 0 Å². The molecule has 0 spiro atoms. The molecule has 0 aliphatic carbocycles. The lowest BCUT2D eigenvalue weighted by atomic mass is 9.97. The van der Waals surface area contributed by atoms with Crippen LogP contribution < -0.4 is 10.6 Å². The number of carbonyl (C=O) groups is 1. The number of aromatic nitrogens is 2. The van der Waals surface area contributed by atoms with E-state index in [9.17, 15) is 4.79 Å². The van der Waals surface area contributed by atoms with E-state index in [-0.39, 0.29) is 24.2 Å². The first kappa shape index (κ1) is 15.5. The summed E-state index contributed by atoms with van der Waals surface area (Å²) in [6, 6.07) is 9.61. The maximum atomic E-state index is 12.1. The fraction of sp³-hybridized carbons (Fsp3) is 0.333. The molecule has 21 heavy (non-hydrogen) atoms. The summed E-state index contributed by atoms with van der Waals surface area (Å²) >= 11 is 0. The van der Waals surface area contributed by atoms with Crippen LogP contribution in [0.15, 0.2) is 42.7 Å². The highest BCUT2D eigenvalue weighted by atomic mass is 35.5. The first-order chi connectivity index (χ1) is 9.83. The van der Waals surface area contributed by atoms with Crippen LogP contribution in [-0.2, 0) is 4.79 Å². The summed E-state index contributed by atoms with van der Waals surface area (Å²) < 4.78 is 1.79. The van der Waals surface area contributed by atoms with E-state index < -0.39 is 0 Å². The molecule has 1 aromatic heterocycles. The Morgan fingerprint density at radius 1 is 1.24 bits per heavy atom. The van der Waals surface area contributed by atoms with Crippen molar-refractivity contribution in [3.05, 3.63) is 42.7 Å². The summed E-state index contributed by atoms with van der Waals surface area (Å²) in [6.45, 7) is 1.85. The molecule has 112 valence electrons. The normalized spacial score (nSPS) is 15.2. The first-order valence-electron chi connectivity index (χ1n) is 6.94. The van der Waals surface area contributed by atoms with Gasteiger partial charge in [0, 0.05) is 24.0 Å². The van der Waals surface area contributed by atoms with Gasteiger partial charge >= 0.3 is 0 Å². The largest absolute Gasteiger partial charge is 0.326 e. The third kappa shape index (κ3) is 3.83. The van der Waals surface area contributed by atoms with E-state index in [2.05, 4.69) is 15.7 Å². The zero-order chi connectivity index (χ0) is 13.8. The molecule has 0 atom stereocenters. The zero-order valence-electron chi connectivity index (χ0n) is 11.7. The summed E-state index contributed by atoms with van der Waals surface area (Å²) in [4.78, 5) is 12.1. The standard InChI is InChI=1S/C15H18N4O.ClH/c20-15(12-6-9-16-10-7-12)18-13-2-4-14(5-3-13)19-11-1-8-17-19;/h1-5,8,11-12,16H,6-7,9-10H2,(H,18,20);1H. The Bertz CT molecular complexity index is 562. The lowest BCUT2D eigenvalue weighted by molar-refractivity contribution is -0.120. The zero-order valence-corrected chi connectivity index (χ0v) is 12.5. The van der Waals surface area contributed by atoms with Crippen LogP contribution >= 0.6 is 12.4 Å². The number of piperidine rings is 1. The summed E-state index contributed by atoms with van der Waals surface area (Å²) in [5.74, 6) is 0.250. The van der Waals surface area contributed by atoms with Gasteiger partial charge in [-0.2, -0.15) is 5.10 Å². The van der Waals surface area contributed by atoms with E-state index in [1.165, 1.54) is 0 Å². The molecule has 0 unspecified atom stereocenters. The molecule has 2 heterocycles. The lowest BCUT2D eigenvalue weighted by Gasteiger charge is -2.21. The van der Waals surface area contributed by atoms with Crippen molar-refractivity contribution in [3.8, 4) is 5.69 Å². The minimum Gasteiger partial charge on any atom is -0.326 e. The minimum absolute atomic E-state index is 0. The number of nitrogens with one attached hydrogen (secondary N) is 2. The average molecular weight is 307 g/mol. The predicted octanol–water partition coefficient (Wildman–Crippen LogP) is 2.23. The summed E-state index contributed by atoms with van der Waals surface area (Å²) in [7, 11) is 0. The molecule has 3 rings (SSSR count). The number of hydrogen-bond acceptors (Lipinski definition) is 3. The quantitative estimate of drug-likeness (QED) is 0.914. The molecule has 1 saturated heterocycles. The van der Waals surface area contributed by atoms with Crippen molar-refractivity contribution >= 4 is 24.0 Å². The minimum atomic E-state index is 0. The van der Waals surface area contributed by atoms with E-state index in [1.54, 1.807) is 10.9 Å². The predicted molar refractivity (Wildman–Crippen MR) is 85.0 cm³/mol. The Morgan fingerprint density at radius 2 is 1.95 bits per heavy atom. The number of hydrogen-bond donors (Lipinski definition) is 2. The van der Waals surface area contributed by atoms with Gasteiger partial charge in [-0.15, -0.1) is 12.4 Å². The molecule has 1 aliphatic rings. The molecule has 5 nitrogen and oxygen atoms in total. The highest BCUT2D eigenvalue weighted by molar-refractivity contribution is 5.92. The fourth-order valence-corrected chi connectivity index (χ4v) is 2.45. The van der Waals surface area contributed by atoms with Crippen LogP contribution in [0.1, 0.15) is 12.8 Å².